The number of carbonyl (C=O) groups is 1. The van der Waals surface area contributed by atoms with Crippen molar-refractivity contribution < 1.29 is 24.1 Å². The van der Waals surface area contributed by atoms with Crippen molar-refractivity contribution in [3.8, 4) is 34.3 Å². The maximum absolute atomic E-state index is 11.6. The van der Waals surface area contributed by atoms with E-state index in [1.165, 1.54) is 37.7 Å². The quantitative estimate of drug-likeness (QED) is 0.545. The molecule has 3 N–H and O–H groups in total. The van der Waals surface area contributed by atoms with E-state index in [0.717, 1.165) is 0 Å². The Kier molecular flexibility index (Phi) is 6.61. The van der Waals surface area contributed by atoms with E-state index < -0.39 is 5.91 Å². The molecule has 10 heteroatoms. The highest BCUT2D eigenvalue weighted by atomic mass is 32.1. The summed E-state index contributed by atoms with van der Waals surface area (Å²) in [5, 5.41) is 16.3. The number of thiazole rings is 1. The topological polar surface area (TPSA) is 121 Å². The summed E-state index contributed by atoms with van der Waals surface area (Å²) in [6.45, 7) is 0. The van der Waals surface area contributed by atoms with Gasteiger partial charge in [0.25, 0.3) is 5.91 Å². The highest BCUT2D eigenvalue weighted by Crippen LogP contribution is 2.39. The molecular weight excluding hydrogens is 420 g/mol. The summed E-state index contributed by atoms with van der Waals surface area (Å²) in [7, 11) is 6.27. The van der Waals surface area contributed by atoms with Gasteiger partial charge in [-0.2, -0.15) is 5.10 Å². The standard InChI is InChI=1S/C21H22N4O5S/c1-23-21-25(15(11-31-21)12-5-7-16(26)14(9-12)20(22)27)24-10-13-6-8-17(28-2)19(30-4)18(13)29-3/h5-11,26H,1-4H3,(H2,22,27). The van der Waals surface area contributed by atoms with E-state index in [0.29, 0.717) is 38.9 Å². The molecule has 0 aliphatic carbocycles. The van der Waals surface area contributed by atoms with Gasteiger partial charge >= 0.3 is 0 Å². The molecule has 0 bridgehead atoms. The normalized spacial score (nSPS) is 11.7. The number of methoxy groups -OCH3 is 3. The lowest BCUT2D eigenvalue weighted by atomic mass is 10.1. The zero-order valence-electron chi connectivity index (χ0n) is 17.4. The fourth-order valence-corrected chi connectivity index (χ4v) is 3.80. The highest BCUT2D eigenvalue weighted by molar-refractivity contribution is 7.07. The van der Waals surface area contributed by atoms with Crippen molar-refractivity contribution in [2.24, 2.45) is 15.8 Å². The zero-order valence-corrected chi connectivity index (χ0v) is 18.3. The number of carbonyl (C=O) groups excluding carboxylic acids is 1. The number of hydrogen-bond donors (Lipinski definition) is 2. The highest BCUT2D eigenvalue weighted by Gasteiger charge is 2.16. The summed E-state index contributed by atoms with van der Waals surface area (Å²) in [5.74, 6) is 0.554. The third kappa shape index (κ3) is 4.24. The van der Waals surface area contributed by atoms with Gasteiger partial charge in [-0.1, -0.05) is 0 Å². The van der Waals surface area contributed by atoms with Crippen LogP contribution in [0.1, 0.15) is 15.9 Å². The number of primary amides is 1. The van der Waals surface area contributed by atoms with Crippen molar-refractivity contribution in [3.05, 3.63) is 51.6 Å². The van der Waals surface area contributed by atoms with E-state index in [9.17, 15) is 9.90 Å². The first kappa shape index (κ1) is 21.9. The monoisotopic (exact) mass is 442 g/mol. The number of nitrogens with two attached hydrogens (primary N) is 1. The third-order valence-corrected chi connectivity index (χ3v) is 5.39. The second-order valence-corrected chi connectivity index (χ2v) is 7.04. The number of ether oxygens (including phenoxy) is 3. The number of aromatic hydroxyl groups is 1. The molecule has 0 saturated carbocycles. The average Bonchev–Trinajstić information content (AvgIpc) is 3.19. The van der Waals surface area contributed by atoms with Crippen LogP contribution in [-0.2, 0) is 0 Å². The molecule has 1 aromatic heterocycles. The minimum Gasteiger partial charge on any atom is -0.507 e. The molecule has 0 atom stereocenters. The average molecular weight is 442 g/mol. The van der Waals surface area contributed by atoms with Crippen molar-refractivity contribution in [1.29, 1.82) is 0 Å². The smallest absolute Gasteiger partial charge is 0.252 e. The van der Waals surface area contributed by atoms with Crippen LogP contribution in [-0.4, -0.2) is 50.3 Å². The largest absolute Gasteiger partial charge is 0.507 e. The molecule has 3 aromatic rings. The second kappa shape index (κ2) is 9.35. The van der Waals surface area contributed by atoms with Gasteiger partial charge in [-0.05, 0) is 30.3 Å². The van der Waals surface area contributed by atoms with Crippen molar-refractivity contribution in [1.82, 2.24) is 4.68 Å². The van der Waals surface area contributed by atoms with Crippen molar-refractivity contribution in [3.63, 3.8) is 0 Å². The maximum Gasteiger partial charge on any atom is 0.252 e. The molecule has 0 spiro atoms. The predicted octanol–water partition coefficient (Wildman–Crippen LogP) is 2.46. The number of nitrogens with zero attached hydrogens (tertiary/aromatic N) is 3. The Bertz CT molecular complexity index is 1210. The Morgan fingerprint density at radius 3 is 2.48 bits per heavy atom. The van der Waals surface area contributed by atoms with Gasteiger partial charge in [0.15, 0.2) is 11.5 Å². The van der Waals surface area contributed by atoms with Crippen LogP contribution in [0.4, 0.5) is 0 Å². The van der Waals surface area contributed by atoms with Gasteiger partial charge < -0.3 is 25.1 Å². The minimum atomic E-state index is -0.722. The number of rotatable bonds is 7. The number of aromatic nitrogens is 1. The molecule has 3 rings (SSSR count). The molecule has 1 amide bonds. The van der Waals surface area contributed by atoms with Crippen LogP contribution in [0.25, 0.3) is 11.3 Å². The summed E-state index contributed by atoms with van der Waals surface area (Å²) < 4.78 is 17.9. The third-order valence-electron chi connectivity index (χ3n) is 4.48. The molecule has 0 aliphatic rings. The summed E-state index contributed by atoms with van der Waals surface area (Å²) in [6, 6.07) is 8.16. The van der Waals surface area contributed by atoms with Crippen molar-refractivity contribution >= 4 is 23.5 Å². The van der Waals surface area contributed by atoms with Gasteiger partial charge in [0.1, 0.15) is 5.75 Å². The number of phenols is 1. The first-order valence-corrected chi connectivity index (χ1v) is 9.93. The van der Waals surface area contributed by atoms with Crippen molar-refractivity contribution in [2.75, 3.05) is 28.4 Å². The summed E-state index contributed by atoms with van der Waals surface area (Å²) in [5.41, 5.74) is 7.37. The van der Waals surface area contributed by atoms with E-state index in [4.69, 9.17) is 19.9 Å². The molecule has 2 aromatic carbocycles. The molecule has 1 heterocycles. The van der Waals surface area contributed by atoms with Crippen LogP contribution in [0.2, 0.25) is 0 Å². The molecular formula is C21H22N4O5S. The van der Waals surface area contributed by atoms with E-state index in [1.54, 1.807) is 43.2 Å². The van der Waals surface area contributed by atoms with Crippen LogP contribution in [0.15, 0.2) is 45.8 Å². The minimum absolute atomic E-state index is 0.0239. The maximum atomic E-state index is 11.6. The van der Waals surface area contributed by atoms with Gasteiger partial charge in [0, 0.05) is 23.6 Å². The first-order chi connectivity index (χ1) is 14.9. The van der Waals surface area contributed by atoms with Crippen LogP contribution in [0.5, 0.6) is 23.0 Å². The van der Waals surface area contributed by atoms with Crippen LogP contribution in [0, 0.1) is 0 Å². The van der Waals surface area contributed by atoms with Crippen LogP contribution >= 0.6 is 11.3 Å². The molecule has 0 aliphatic heterocycles. The van der Waals surface area contributed by atoms with E-state index >= 15 is 0 Å². The molecule has 31 heavy (non-hydrogen) atoms. The summed E-state index contributed by atoms with van der Waals surface area (Å²) in [6.07, 6.45) is 1.61. The lowest BCUT2D eigenvalue weighted by Crippen LogP contribution is -2.13. The Balaban J connectivity index is 2.12. The Hall–Kier alpha value is -3.79. The predicted molar refractivity (Wildman–Crippen MR) is 119 cm³/mol. The number of hydrogen-bond acceptors (Lipinski definition) is 8. The van der Waals surface area contributed by atoms with Gasteiger partial charge in [-0.3, -0.25) is 9.79 Å². The SMILES string of the molecule is CN=c1scc(-c2ccc(O)c(C(N)=O)c2)n1N=Cc1ccc(OC)c(OC)c1OC. The number of benzene rings is 2. The fraction of sp³-hybridized carbons (Fsp3) is 0.190. The fourth-order valence-electron chi connectivity index (χ4n) is 3.00. The molecule has 162 valence electrons. The molecule has 0 saturated heterocycles. The van der Waals surface area contributed by atoms with Gasteiger partial charge in [0.2, 0.25) is 10.6 Å². The number of amides is 1. The van der Waals surface area contributed by atoms with Crippen LogP contribution < -0.4 is 24.7 Å². The second-order valence-electron chi connectivity index (χ2n) is 6.20. The Labute approximate surface area is 182 Å². The van der Waals surface area contributed by atoms with Crippen molar-refractivity contribution in [2.45, 2.75) is 0 Å². The summed E-state index contributed by atoms with van der Waals surface area (Å²) in [4.78, 5) is 16.5. The zero-order chi connectivity index (χ0) is 22.5. The van der Waals surface area contributed by atoms with Gasteiger partial charge in [0.05, 0.1) is 38.8 Å². The van der Waals surface area contributed by atoms with Gasteiger partial charge in [-0.25, -0.2) is 4.68 Å². The molecule has 0 fully saturated rings. The lowest BCUT2D eigenvalue weighted by molar-refractivity contribution is 0.0998. The van der Waals surface area contributed by atoms with E-state index in [2.05, 4.69) is 10.1 Å². The first-order valence-electron chi connectivity index (χ1n) is 9.05. The molecule has 0 radical (unpaired) electrons. The van der Waals surface area contributed by atoms with E-state index in [1.807, 2.05) is 5.38 Å². The Morgan fingerprint density at radius 1 is 1.13 bits per heavy atom. The molecule has 9 nitrogen and oxygen atoms in total. The van der Waals surface area contributed by atoms with Gasteiger partial charge in [-0.15, -0.1) is 11.3 Å². The lowest BCUT2D eigenvalue weighted by Gasteiger charge is -2.13. The Morgan fingerprint density at radius 2 is 1.87 bits per heavy atom. The summed E-state index contributed by atoms with van der Waals surface area (Å²) >= 11 is 1.38. The molecule has 0 unspecified atom stereocenters. The van der Waals surface area contributed by atoms with E-state index in [-0.39, 0.29) is 11.3 Å². The van der Waals surface area contributed by atoms with Crippen LogP contribution in [0.3, 0.4) is 0 Å².